The van der Waals surface area contributed by atoms with E-state index in [2.05, 4.69) is 9.84 Å². The molecule has 22 heavy (non-hydrogen) atoms. The van der Waals surface area contributed by atoms with Crippen LogP contribution in [0.4, 0.5) is 4.79 Å². The van der Waals surface area contributed by atoms with Gasteiger partial charge in [0.1, 0.15) is 5.75 Å². The van der Waals surface area contributed by atoms with E-state index in [1.165, 1.54) is 24.3 Å². The molecule has 0 aliphatic heterocycles. The molecule has 0 saturated heterocycles. The fraction of sp³-hybridized carbons (Fsp3) is 0.250. The van der Waals surface area contributed by atoms with Gasteiger partial charge in [0.2, 0.25) is 0 Å². The molecule has 2 amide bonds. The van der Waals surface area contributed by atoms with Crippen LogP contribution in [0.5, 0.6) is 0 Å². The first kappa shape index (κ1) is 17.9. The van der Waals surface area contributed by atoms with E-state index in [0.29, 0.717) is 10.6 Å². The van der Waals surface area contributed by atoms with Crippen molar-refractivity contribution in [2.24, 2.45) is 10.8 Å². The second kappa shape index (κ2) is 7.76. The molecule has 0 saturated carbocycles. The molecule has 0 atom stereocenters. The van der Waals surface area contributed by atoms with Gasteiger partial charge in [0.15, 0.2) is 9.84 Å². The second-order valence-corrected chi connectivity index (χ2v) is 6.65. The zero-order valence-corrected chi connectivity index (χ0v) is 13.1. The number of sulfone groups is 1. The zero-order valence-electron chi connectivity index (χ0n) is 11.6. The van der Waals surface area contributed by atoms with E-state index in [0.717, 1.165) is 7.11 Å². The Hall–Kier alpha value is -2.13. The van der Waals surface area contributed by atoms with E-state index >= 15 is 0 Å². The molecule has 1 aromatic rings. The van der Waals surface area contributed by atoms with Gasteiger partial charge in [-0.15, -0.1) is 0 Å². The summed E-state index contributed by atoms with van der Waals surface area (Å²) in [6, 6.07) is 5.17. The van der Waals surface area contributed by atoms with Crippen molar-refractivity contribution in [1.82, 2.24) is 5.43 Å². The van der Waals surface area contributed by atoms with Crippen molar-refractivity contribution >= 4 is 39.2 Å². The van der Waals surface area contributed by atoms with Crippen molar-refractivity contribution in [3.8, 4) is 0 Å². The highest BCUT2D eigenvalue weighted by molar-refractivity contribution is 7.92. The molecule has 1 rings (SSSR count). The number of urea groups is 1. The molecule has 0 aliphatic rings. The lowest BCUT2D eigenvalue weighted by Crippen LogP contribution is -2.30. The van der Waals surface area contributed by atoms with Crippen LogP contribution in [-0.2, 0) is 19.4 Å². The van der Waals surface area contributed by atoms with Gasteiger partial charge < -0.3 is 10.5 Å². The van der Waals surface area contributed by atoms with Crippen molar-refractivity contribution in [3.05, 3.63) is 34.9 Å². The molecular weight excluding hydrogens is 334 g/mol. The number of methoxy groups -OCH3 is 1. The third-order valence-corrected chi connectivity index (χ3v) is 4.04. The molecule has 0 aliphatic carbocycles. The average molecular weight is 348 g/mol. The summed E-state index contributed by atoms with van der Waals surface area (Å²) in [6.45, 7) is 0. The smallest absolute Gasteiger partial charge is 0.332 e. The third kappa shape index (κ3) is 6.10. The largest absolute Gasteiger partial charge is 0.468 e. The van der Waals surface area contributed by atoms with Crippen molar-refractivity contribution in [1.29, 1.82) is 0 Å². The Labute approximate surface area is 132 Å². The molecule has 8 nitrogen and oxygen atoms in total. The van der Waals surface area contributed by atoms with Gasteiger partial charge in [-0.05, 0) is 17.7 Å². The number of esters is 1. The summed E-state index contributed by atoms with van der Waals surface area (Å²) in [6.07, 6.45) is 0. The van der Waals surface area contributed by atoms with Crippen LogP contribution in [-0.4, -0.2) is 44.7 Å². The summed E-state index contributed by atoms with van der Waals surface area (Å²) in [4.78, 5) is 21.8. The molecular formula is C12H14ClN3O5S. The van der Waals surface area contributed by atoms with Crippen LogP contribution in [0.1, 0.15) is 5.56 Å². The molecule has 0 spiro atoms. The molecule has 0 unspecified atom stereocenters. The van der Waals surface area contributed by atoms with Crippen LogP contribution in [0.2, 0.25) is 5.02 Å². The van der Waals surface area contributed by atoms with E-state index in [4.69, 9.17) is 17.3 Å². The molecule has 3 N–H and O–H groups in total. The van der Waals surface area contributed by atoms with E-state index in [1.54, 1.807) is 0 Å². The highest BCUT2D eigenvalue weighted by Crippen LogP contribution is 2.11. The van der Waals surface area contributed by atoms with Gasteiger partial charge in [0.05, 0.1) is 18.6 Å². The molecule has 0 bridgehead atoms. The van der Waals surface area contributed by atoms with Gasteiger partial charge in [-0.25, -0.2) is 18.6 Å². The molecule has 0 fully saturated rings. The average Bonchev–Trinajstić information content (AvgIpc) is 2.43. The minimum atomic E-state index is -3.83. The van der Waals surface area contributed by atoms with Crippen molar-refractivity contribution in [2.75, 3.05) is 18.6 Å². The number of halogens is 1. The number of nitrogens with two attached hydrogens (primary N) is 1. The molecule has 0 heterocycles. The minimum absolute atomic E-state index is 0.0133. The maximum Gasteiger partial charge on any atom is 0.332 e. The van der Waals surface area contributed by atoms with E-state index in [-0.39, 0.29) is 5.71 Å². The topological polar surface area (TPSA) is 128 Å². The SMILES string of the molecule is COC(=O)CS(=O)(=O)C/C(=N/NC(N)=O)c1ccc(Cl)cc1. The predicted molar refractivity (Wildman–Crippen MR) is 81.4 cm³/mol. The van der Waals surface area contributed by atoms with Gasteiger partial charge in [-0.2, -0.15) is 5.10 Å². The number of nitrogens with one attached hydrogen (secondary N) is 1. The Morgan fingerprint density at radius 1 is 1.27 bits per heavy atom. The Morgan fingerprint density at radius 2 is 1.86 bits per heavy atom. The zero-order chi connectivity index (χ0) is 16.8. The number of hydrazone groups is 1. The van der Waals surface area contributed by atoms with Crippen LogP contribution < -0.4 is 11.2 Å². The predicted octanol–water partition coefficient (Wildman–Crippen LogP) is 0.300. The summed E-state index contributed by atoms with van der Waals surface area (Å²) in [5.41, 5.74) is 7.29. The summed E-state index contributed by atoms with van der Waals surface area (Å²) < 4.78 is 28.2. The minimum Gasteiger partial charge on any atom is -0.468 e. The highest BCUT2D eigenvalue weighted by atomic mass is 35.5. The van der Waals surface area contributed by atoms with Crippen molar-refractivity contribution in [3.63, 3.8) is 0 Å². The monoisotopic (exact) mass is 347 g/mol. The third-order valence-electron chi connectivity index (χ3n) is 2.40. The number of hydrogen-bond donors (Lipinski definition) is 2. The molecule has 10 heteroatoms. The Balaban J connectivity index is 3.06. The van der Waals surface area contributed by atoms with Crippen molar-refractivity contribution < 1.29 is 22.7 Å². The molecule has 1 aromatic carbocycles. The number of carbonyl (C=O) groups excluding carboxylic acids is 2. The lowest BCUT2D eigenvalue weighted by Gasteiger charge is -2.08. The Bertz CT molecular complexity index is 685. The number of ether oxygens (including phenoxy) is 1. The van der Waals surface area contributed by atoms with Gasteiger partial charge in [0, 0.05) is 5.02 Å². The fourth-order valence-corrected chi connectivity index (χ4v) is 2.80. The first-order chi connectivity index (χ1) is 10.2. The quantitative estimate of drug-likeness (QED) is 0.434. The van der Waals surface area contributed by atoms with Crippen LogP contribution in [0.25, 0.3) is 0 Å². The van der Waals surface area contributed by atoms with Gasteiger partial charge >= 0.3 is 12.0 Å². The number of nitrogens with zero attached hydrogens (tertiary/aromatic N) is 1. The van der Waals surface area contributed by atoms with Gasteiger partial charge in [0.25, 0.3) is 0 Å². The van der Waals surface area contributed by atoms with E-state index in [9.17, 15) is 18.0 Å². The van der Waals surface area contributed by atoms with Crippen LogP contribution in [0.3, 0.4) is 0 Å². The number of hydrogen-bond acceptors (Lipinski definition) is 6. The lowest BCUT2D eigenvalue weighted by molar-refractivity contribution is -0.137. The molecule has 0 radical (unpaired) electrons. The van der Waals surface area contributed by atoms with E-state index in [1.807, 2.05) is 5.43 Å². The number of amides is 2. The summed E-state index contributed by atoms with van der Waals surface area (Å²) in [5, 5.41) is 4.11. The number of benzene rings is 1. The van der Waals surface area contributed by atoms with E-state index < -0.39 is 33.3 Å². The highest BCUT2D eigenvalue weighted by Gasteiger charge is 2.21. The Morgan fingerprint density at radius 3 is 2.36 bits per heavy atom. The lowest BCUT2D eigenvalue weighted by atomic mass is 10.1. The van der Waals surface area contributed by atoms with Crippen molar-refractivity contribution in [2.45, 2.75) is 0 Å². The maximum absolute atomic E-state index is 11.9. The maximum atomic E-state index is 11.9. The normalized spacial score (nSPS) is 11.8. The van der Waals surface area contributed by atoms with Gasteiger partial charge in [-0.3, -0.25) is 4.79 Å². The second-order valence-electron chi connectivity index (χ2n) is 4.15. The summed E-state index contributed by atoms with van der Waals surface area (Å²) in [7, 11) is -2.74. The fourth-order valence-electron chi connectivity index (χ4n) is 1.44. The summed E-state index contributed by atoms with van der Waals surface area (Å²) in [5.74, 6) is -2.27. The van der Waals surface area contributed by atoms with Crippen LogP contribution in [0, 0.1) is 0 Å². The molecule has 120 valence electrons. The van der Waals surface area contributed by atoms with Crippen LogP contribution in [0.15, 0.2) is 29.4 Å². The summed E-state index contributed by atoms with van der Waals surface area (Å²) >= 11 is 5.76. The number of carbonyl (C=O) groups is 2. The first-order valence-corrected chi connectivity index (χ1v) is 8.08. The standard InChI is InChI=1S/C12H14ClN3O5S/c1-21-11(17)7-22(19,20)6-10(15-16-12(14)18)8-2-4-9(13)5-3-8/h2-5H,6-7H2,1H3,(H3,14,16,18)/b15-10-. The first-order valence-electron chi connectivity index (χ1n) is 5.88. The number of primary amides is 1. The number of rotatable bonds is 6. The Kier molecular flexibility index (Phi) is 6.32. The van der Waals surface area contributed by atoms with Crippen LogP contribution >= 0.6 is 11.6 Å². The molecule has 0 aromatic heterocycles. The van der Waals surface area contributed by atoms with Gasteiger partial charge in [-0.1, -0.05) is 23.7 Å².